The molecule has 2 atom stereocenters. The van der Waals surface area contributed by atoms with Gasteiger partial charge in [-0.1, -0.05) is 26.0 Å². The standard InChI is InChI=1S/C15H24N2/c1-15(2,8-5-9-16)12-17-10-13-6-3-4-7-14(13)11-17/h3-4,13-14H,5-8,10-12H2,1-2H3. The van der Waals surface area contributed by atoms with E-state index in [2.05, 4.69) is 37.0 Å². The molecule has 2 rings (SSSR count). The first kappa shape index (κ1) is 12.6. The Kier molecular flexibility index (Phi) is 3.89. The van der Waals surface area contributed by atoms with Gasteiger partial charge < -0.3 is 4.90 Å². The van der Waals surface area contributed by atoms with Gasteiger partial charge in [0.05, 0.1) is 6.07 Å². The minimum absolute atomic E-state index is 0.288. The van der Waals surface area contributed by atoms with Crippen LogP contribution in [0.4, 0.5) is 0 Å². The Bertz CT molecular complexity index is 308. The molecule has 94 valence electrons. The van der Waals surface area contributed by atoms with Crippen molar-refractivity contribution in [3.63, 3.8) is 0 Å². The zero-order valence-electron chi connectivity index (χ0n) is 11.2. The minimum Gasteiger partial charge on any atom is -0.302 e. The van der Waals surface area contributed by atoms with Gasteiger partial charge >= 0.3 is 0 Å². The number of nitriles is 1. The van der Waals surface area contributed by atoms with Gasteiger partial charge in [0.1, 0.15) is 0 Å². The normalized spacial score (nSPS) is 29.0. The monoisotopic (exact) mass is 232 g/mol. The molecule has 1 fully saturated rings. The fourth-order valence-corrected chi connectivity index (χ4v) is 3.32. The van der Waals surface area contributed by atoms with Crippen molar-refractivity contribution in [2.45, 2.75) is 39.5 Å². The third kappa shape index (κ3) is 3.33. The summed E-state index contributed by atoms with van der Waals surface area (Å²) in [5, 5.41) is 8.69. The summed E-state index contributed by atoms with van der Waals surface area (Å²) in [6.07, 6.45) is 8.97. The van der Waals surface area contributed by atoms with E-state index in [0.29, 0.717) is 6.42 Å². The summed E-state index contributed by atoms with van der Waals surface area (Å²) in [6.45, 7) is 8.28. The van der Waals surface area contributed by atoms with Crippen molar-refractivity contribution < 1.29 is 0 Å². The highest BCUT2D eigenvalue weighted by Crippen LogP contribution is 2.35. The lowest BCUT2D eigenvalue weighted by Crippen LogP contribution is -2.33. The Morgan fingerprint density at radius 2 is 1.82 bits per heavy atom. The molecule has 0 amide bonds. The average Bonchev–Trinajstić information content (AvgIpc) is 2.67. The summed E-state index contributed by atoms with van der Waals surface area (Å²) in [7, 11) is 0. The molecule has 0 aromatic rings. The van der Waals surface area contributed by atoms with Crippen molar-refractivity contribution in [3.05, 3.63) is 12.2 Å². The lowest BCUT2D eigenvalue weighted by molar-refractivity contribution is 0.192. The van der Waals surface area contributed by atoms with E-state index in [4.69, 9.17) is 5.26 Å². The van der Waals surface area contributed by atoms with Crippen LogP contribution in [0.2, 0.25) is 0 Å². The third-order valence-corrected chi connectivity index (χ3v) is 4.26. The Hall–Kier alpha value is -0.810. The molecule has 0 aromatic heterocycles. The van der Waals surface area contributed by atoms with Crippen molar-refractivity contribution in [1.29, 1.82) is 5.26 Å². The van der Waals surface area contributed by atoms with E-state index in [1.165, 1.54) is 25.9 Å². The van der Waals surface area contributed by atoms with Crippen LogP contribution >= 0.6 is 0 Å². The number of hydrogen-bond donors (Lipinski definition) is 0. The predicted octanol–water partition coefficient (Wildman–Crippen LogP) is 3.21. The molecule has 0 bridgehead atoms. The second-order valence-corrected chi connectivity index (χ2v) is 6.48. The van der Waals surface area contributed by atoms with Crippen LogP contribution in [0.1, 0.15) is 39.5 Å². The summed E-state index contributed by atoms with van der Waals surface area (Å²) < 4.78 is 0. The number of rotatable bonds is 4. The van der Waals surface area contributed by atoms with Crippen molar-refractivity contribution in [2.24, 2.45) is 17.3 Å². The molecular weight excluding hydrogens is 208 g/mol. The molecule has 0 spiro atoms. The molecule has 1 heterocycles. The zero-order chi connectivity index (χ0) is 12.3. The Morgan fingerprint density at radius 3 is 2.35 bits per heavy atom. The Labute approximate surface area is 105 Å². The highest BCUT2D eigenvalue weighted by molar-refractivity contribution is 5.00. The first-order valence-electron chi connectivity index (χ1n) is 6.85. The van der Waals surface area contributed by atoms with Crippen LogP contribution in [0.5, 0.6) is 0 Å². The number of hydrogen-bond acceptors (Lipinski definition) is 2. The fraction of sp³-hybridized carbons (Fsp3) is 0.800. The number of allylic oxidation sites excluding steroid dienone is 2. The maximum atomic E-state index is 8.69. The number of nitrogens with zero attached hydrogens (tertiary/aromatic N) is 2. The van der Waals surface area contributed by atoms with Gasteiger partial charge in [0.15, 0.2) is 0 Å². The zero-order valence-corrected chi connectivity index (χ0v) is 11.2. The molecule has 2 heteroatoms. The third-order valence-electron chi connectivity index (χ3n) is 4.26. The van der Waals surface area contributed by atoms with Crippen LogP contribution in [-0.4, -0.2) is 24.5 Å². The van der Waals surface area contributed by atoms with Gasteiger partial charge in [0.2, 0.25) is 0 Å². The molecule has 17 heavy (non-hydrogen) atoms. The highest BCUT2D eigenvalue weighted by Gasteiger charge is 2.34. The van der Waals surface area contributed by atoms with Gasteiger partial charge in [-0.25, -0.2) is 0 Å². The molecule has 0 saturated carbocycles. The van der Waals surface area contributed by atoms with E-state index >= 15 is 0 Å². The molecule has 1 saturated heterocycles. The van der Waals surface area contributed by atoms with Crippen LogP contribution in [-0.2, 0) is 0 Å². The van der Waals surface area contributed by atoms with Gasteiger partial charge in [-0.05, 0) is 36.5 Å². The molecule has 0 N–H and O–H groups in total. The summed E-state index contributed by atoms with van der Waals surface area (Å²) in [6, 6.07) is 2.27. The summed E-state index contributed by atoms with van der Waals surface area (Å²) in [5.74, 6) is 1.79. The first-order chi connectivity index (χ1) is 8.11. The second-order valence-electron chi connectivity index (χ2n) is 6.48. The molecule has 2 nitrogen and oxygen atoms in total. The lowest BCUT2D eigenvalue weighted by Gasteiger charge is -2.29. The maximum Gasteiger partial charge on any atom is 0.0621 e. The van der Waals surface area contributed by atoms with E-state index in [0.717, 1.165) is 24.8 Å². The van der Waals surface area contributed by atoms with Crippen LogP contribution < -0.4 is 0 Å². The number of fused-ring (bicyclic) bond motifs is 1. The second kappa shape index (κ2) is 5.23. The van der Waals surface area contributed by atoms with E-state index in [-0.39, 0.29) is 5.41 Å². The van der Waals surface area contributed by atoms with Crippen LogP contribution in [0, 0.1) is 28.6 Å². The molecular formula is C15H24N2. The molecule has 2 unspecified atom stereocenters. The van der Waals surface area contributed by atoms with Crippen molar-refractivity contribution in [2.75, 3.05) is 19.6 Å². The first-order valence-corrected chi connectivity index (χ1v) is 6.85. The minimum atomic E-state index is 0.288. The van der Waals surface area contributed by atoms with E-state index in [9.17, 15) is 0 Å². The summed E-state index contributed by atoms with van der Waals surface area (Å²) in [4.78, 5) is 2.62. The van der Waals surface area contributed by atoms with Gasteiger partial charge in [0, 0.05) is 26.1 Å². The van der Waals surface area contributed by atoms with E-state index in [1.807, 2.05) is 0 Å². The Morgan fingerprint density at radius 1 is 1.24 bits per heavy atom. The SMILES string of the molecule is CC(C)(CCC#N)CN1CC2CC=CCC2C1. The molecule has 1 aliphatic carbocycles. The van der Waals surface area contributed by atoms with Gasteiger partial charge in [0.25, 0.3) is 0 Å². The van der Waals surface area contributed by atoms with Gasteiger partial charge in [-0.3, -0.25) is 0 Å². The topological polar surface area (TPSA) is 27.0 Å². The lowest BCUT2D eigenvalue weighted by atomic mass is 9.86. The predicted molar refractivity (Wildman–Crippen MR) is 70.4 cm³/mol. The van der Waals surface area contributed by atoms with Crippen LogP contribution in [0.15, 0.2) is 12.2 Å². The van der Waals surface area contributed by atoms with Gasteiger partial charge in [-0.2, -0.15) is 5.26 Å². The van der Waals surface area contributed by atoms with Crippen molar-refractivity contribution in [3.8, 4) is 6.07 Å². The van der Waals surface area contributed by atoms with Crippen LogP contribution in [0.25, 0.3) is 0 Å². The molecule has 0 aromatic carbocycles. The average molecular weight is 232 g/mol. The van der Waals surface area contributed by atoms with Gasteiger partial charge in [-0.15, -0.1) is 0 Å². The van der Waals surface area contributed by atoms with Crippen molar-refractivity contribution >= 4 is 0 Å². The number of likely N-dealkylation sites (tertiary alicyclic amines) is 1. The summed E-state index contributed by atoms with van der Waals surface area (Å²) >= 11 is 0. The largest absolute Gasteiger partial charge is 0.302 e. The fourth-order valence-electron chi connectivity index (χ4n) is 3.32. The molecule has 1 aliphatic heterocycles. The van der Waals surface area contributed by atoms with Crippen molar-refractivity contribution in [1.82, 2.24) is 4.90 Å². The summed E-state index contributed by atoms with van der Waals surface area (Å²) in [5.41, 5.74) is 0.288. The molecule has 0 radical (unpaired) electrons. The highest BCUT2D eigenvalue weighted by atomic mass is 15.2. The van der Waals surface area contributed by atoms with E-state index in [1.54, 1.807) is 0 Å². The van der Waals surface area contributed by atoms with Crippen LogP contribution in [0.3, 0.4) is 0 Å². The van der Waals surface area contributed by atoms with E-state index < -0.39 is 0 Å². The Balaban J connectivity index is 1.83. The quantitative estimate of drug-likeness (QED) is 0.696. The molecule has 2 aliphatic rings. The maximum absolute atomic E-state index is 8.69. The smallest absolute Gasteiger partial charge is 0.0621 e.